The maximum absolute atomic E-state index is 2.70. The molecule has 2 aromatic rings. The van der Waals surface area contributed by atoms with Gasteiger partial charge in [-0.25, -0.2) is 0 Å². The van der Waals surface area contributed by atoms with Crippen LogP contribution in [0, 0.1) is 0 Å². The smallest absolute Gasteiger partial charge is 0 e. The van der Waals surface area contributed by atoms with Crippen molar-refractivity contribution in [2.45, 2.75) is 0 Å². The second-order valence-corrected chi connectivity index (χ2v) is 3.27. The molecule has 0 nitrogen and oxygen atoms in total. The van der Waals surface area contributed by atoms with Crippen LogP contribution in [0.4, 0.5) is 0 Å². The van der Waals surface area contributed by atoms with Gasteiger partial charge < -0.3 is 0 Å². The number of rotatable bonds is 0. The average molecular weight is 171 g/mol. The van der Waals surface area contributed by atoms with Gasteiger partial charge in [0, 0.05) is 8.41 Å². The Labute approximate surface area is 76.8 Å². The van der Waals surface area contributed by atoms with Gasteiger partial charge in [0.05, 0.1) is 0 Å². The minimum absolute atomic E-state index is 0. The molecule has 3 radical (unpaired) electrons. The van der Waals surface area contributed by atoms with Crippen molar-refractivity contribution in [1.29, 1.82) is 0 Å². The fourth-order valence-electron chi connectivity index (χ4n) is 1.21. The van der Waals surface area contributed by atoms with E-state index in [4.69, 9.17) is 0 Å². The zero-order valence-corrected chi connectivity index (χ0v) is 7.85. The Morgan fingerprint density at radius 1 is 0.833 bits per heavy atom. The standard InChI is InChI=1S/C10H9P.B/c11-10-6-5-8-3-1-2-4-9(8)7-10;/h1-7H,11H2;. The van der Waals surface area contributed by atoms with Crippen LogP contribution in [-0.2, 0) is 0 Å². The molecule has 0 amide bonds. The third-order valence-corrected chi connectivity index (χ3v) is 2.13. The Kier molecular flexibility index (Phi) is 2.89. The summed E-state index contributed by atoms with van der Waals surface area (Å²) in [6.45, 7) is 0. The molecule has 2 rings (SSSR count). The first-order valence-electron chi connectivity index (χ1n) is 3.60. The van der Waals surface area contributed by atoms with Gasteiger partial charge in [-0.1, -0.05) is 36.4 Å². The molecule has 2 heteroatoms. The van der Waals surface area contributed by atoms with Gasteiger partial charge in [-0.3, -0.25) is 0 Å². The molecule has 12 heavy (non-hydrogen) atoms. The largest absolute Gasteiger partial charge is 0.106 e. The molecule has 1 unspecified atom stereocenters. The van der Waals surface area contributed by atoms with E-state index in [-0.39, 0.29) is 8.41 Å². The van der Waals surface area contributed by atoms with E-state index in [9.17, 15) is 0 Å². The van der Waals surface area contributed by atoms with Crippen LogP contribution >= 0.6 is 9.24 Å². The lowest BCUT2D eigenvalue weighted by molar-refractivity contribution is 1.79. The minimum Gasteiger partial charge on any atom is -0.106 e. The van der Waals surface area contributed by atoms with Gasteiger partial charge in [0.2, 0.25) is 0 Å². The summed E-state index contributed by atoms with van der Waals surface area (Å²) in [6.07, 6.45) is 0. The van der Waals surface area contributed by atoms with Gasteiger partial charge in [0.1, 0.15) is 0 Å². The summed E-state index contributed by atoms with van der Waals surface area (Å²) >= 11 is 0. The van der Waals surface area contributed by atoms with Crippen LogP contribution in [0.15, 0.2) is 42.5 Å². The third-order valence-electron chi connectivity index (χ3n) is 1.77. The lowest BCUT2D eigenvalue weighted by Gasteiger charge is -1.96. The van der Waals surface area contributed by atoms with Crippen molar-refractivity contribution in [2.24, 2.45) is 0 Å². The molecule has 0 spiro atoms. The number of hydrogen-bond donors (Lipinski definition) is 0. The predicted octanol–water partition coefficient (Wildman–Crippen LogP) is 1.96. The first-order chi connectivity index (χ1) is 5.36. The molecule has 1 atom stereocenters. The Hall–Kier alpha value is -0.805. The molecule has 0 fully saturated rings. The van der Waals surface area contributed by atoms with Gasteiger partial charge in [-0.2, -0.15) is 0 Å². The molecule has 0 aliphatic rings. The summed E-state index contributed by atoms with van der Waals surface area (Å²) in [5, 5.41) is 3.85. The lowest BCUT2D eigenvalue weighted by atomic mass is 10.1. The maximum Gasteiger partial charge on any atom is 0 e. The maximum atomic E-state index is 2.70. The first kappa shape index (κ1) is 9.28. The van der Waals surface area contributed by atoms with Crippen LogP contribution < -0.4 is 5.30 Å². The lowest BCUT2D eigenvalue weighted by Crippen LogP contribution is -1.86. The molecule has 0 aromatic heterocycles. The van der Waals surface area contributed by atoms with E-state index in [1.165, 1.54) is 16.1 Å². The molecule has 0 aliphatic carbocycles. The molecule has 0 aliphatic heterocycles. The molecular weight excluding hydrogens is 162 g/mol. The first-order valence-corrected chi connectivity index (χ1v) is 4.18. The monoisotopic (exact) mass is 171 g/mol. The van der Waals surface area contributed by atoms with Gasteiger partial charge in [-0.15, -0.1) is 9.24 Å². The molecule has 0 saturated heterocycles. The predicted molar refractivity (Wildman–Crippen MR) is 59.0 cm³/mol. The van der Waals surface area contributed by atoms with Crippen LogP contribution in [0.3, 0.4) is 0 Å². The highest BCUT2D eigenvalue weighted by molar-refractivity contribution is 7.27. The van der Waals surface area contributed by atoms with Crippen LogP contribution in [-0.4, -0.2) is 8.41 Å². The van der Waals surface area contributed by atoms with Crippen molar-refractivity contribution in [1.82, 2.24) is 0 Å². The highest BCUT2D eigenvalue weighted by Crippen LogP contribution is 2.11. The summed E-state index contributed by atoms with van der Waals surface area (Å²) < 4.78 is 0. The van der Waals surface area contributed by atoms with Gasteiger partial charge in [-0.05, 0) is 22.1 Å². The Balaban J connectivity index is 0.000000720. The van der Waals surface area contributed by atoms with Crippen molar-refractivity contribution in [3.05, 3.63) is 42.5 Å². The minimum atomic E-state index is 0. The highest BCUT2D eigenvalue weighted by Gasteiger charge is 1.89. The van der Waals surface area contributed by atoms with Crippen molar-refractivity contribution in [2.75, 3.05) is 0 Å². The van der Waals surface area contributed by atoms with Crippen molar-refractivity contribution in [3.63, 3.8) is 0 Å². The molecule has 57 valence electrons. The summed E-state index contributed by atoms with van der Waals surface area (Å²) in [4.78, 5) is 0. The topological polar surface area (TPSA) is 0 Å². The normalized spacial score (nSPS) is 9.42. The van der Waals surface area contributed by atoms with Gasteiger partial charge in [0.15, 0.2) is 0 Å². The van der Waals surface area contributed by atoms with Crippen LogP contribution in [0.25, 0.3) is 10.8 Å². The van der Waals surface area contributed by atoms with Crippen molar-refractivity contribution in [3.8, 4) is 0 Å². The van der Waals surface area contributed by atoms with Crippen LogP contribution in [0.5, 0.6) is 0 Å². The zero-order valence-electron chi connectivity index (χ0n) is 6.70. The van der Waals surface area contributed by atoms with E-state index in [0.29, 0.717) is 0 Å². The Bertz CT molecular complexity index is 384. The van der Waals surface area contributed by atoms with Gasteiger partial charge >= 0.3 is 0 Å². The summed E-state index contributed by atoms with van der Waals surface area (Å²) in [7, 11) is 2.70. The van der Waals surface area contributed by atoms with Crippen molar-refractivity contribution >= 4 is 33.7 Å². The number of hydrogen-bond acceptors (Lipinski definition) is 0. The van der Waals surface area contributed by atoms with Crippen LogP contribution in [0.1, 0.15) is 0 Å². The van der Waals surface area contributed by atoms with Gasteiger partial charge in [0.25, 0.3) is 0 Å². The van der Waals surface area contributed by atoms with E-state index < -0.39 is 0 Å². The third kappa shape index (κ3) is 1.68. The molecule has 0 N–H and O–H groups in total. The fourth-order valence-corrected chi connectivity index (χ4v) is 1.48. The van der Waals surface area contributed by atoms with E-state index >= 15 is 0 Å². The summed E-state index contributed by atoms with van der Waals surface area (Å²) in [6, 6.07) is 14.8. The quantitative estimate of drug-likeness (QED) is 0.419. The van der Waals surface area contributed by atoms with E-state index in [2.05, 4.69) is 51.7 Å². The second kappa shape index (κ2) is 3.73. The molecule has 0 bridgehead atoms. The Morgan fingerprint density at radius 3 is 2.25 bits per heavy atom. The molecule has 2 aromatic carbocycles. The average Bonchev–Trinajstić information content (AvgIpc) is 2.04. The molecular formula is C10H9BP. The fraction of sp³-hybridized carbons (Fsp3) is 0. The Morgan fingerprint density at radius 2 is 1.50 bits per heavy atom. The highest BCUT2D eigenvalue weighted by atomic mass is 31.0. The summed E-state index contributed by atoms with van der Waals surface area (Å²) in [5.41, 5.74) is 0. The number of fused-ring (bicyclic) bond motifs is 1. The molecule has 0 heterocycles. The van der Waals surface area contributed by atoms with E-state index in [1.54, 1.807) is 0 Å². The number of benzene rings is 2. The summed E-state index contributed by atoms with van der Waals surface area (Å²) in [5.74, 6) is 0. The van der Waals surface area contributed by atoms with Crippen molar-refractivity contribution < 1.29 is 0 Å². The SMILES string of the molecule is Pc1ccc2ccccc2c1.[B]. The van der Waals surface area contributed by atoms with E-state index in [0.717, 1.165) is 0 Å². The molecule has 0 saturated carbocycles. The van der Waals surface area contributed by atoms with E-state index in [1.807, 2.05) is 0 Å². The second-order valence-electron chi connectivity index (χ2n) is 2.61. The van der Waals surface area contributed by atoms with Crippen LogP contribution in [0.2, 0.25) is 0 Å². The zero-order chi connectivity index (χ0) is 7.68.